The fourth-order valence-electron chi connectivity index (χ4n) is 3.68. The zero-order valence-electron chi connectivity index (χ0n) is 20.2. The minimum Gasteiger partial charge on any atom is -0.457 e. The largest absolute Gasteiger partial charge is 0.457 e. The summed E-state index contributed by atoms with van der Waals surface area (Å²) in [6, 6.07) is 8.56. The standard InChI is InChI=1S/C23H18F3N7O6/c1-13-21(33(37)38)14(2)31(28-13)12-30-7-6-20(29-30)22(34)27-16-9-17(32(35)36)11-19(10-16)39-18-5-3-4-15(8-18)23(24,25)26/h3-11H,12H2,1-2H3,(H,27,34). The molecule has 4 aromatic rings. The Hall–Kier alpha value is -5.28. The van der Waals surface area contributed by atoms with E-state index in [1.54, 1.807) is 0 Å². The maximum Gasteiger partial charge on any atom is 0.416 e. The SMILES string of the molecule is Cc1nn(Cn2ccc(C(=O)Nc3cc(Oc4cccc(C(F)(F)F)c4)cc([N+](=O)[O-])c3)n2)c(C)c1[N+](=O)[O-]. The highest BCUT2D eigenvalue weighted by Gasteiger charge is 2.30. The van der Waals surface area contributed by atoms with Crippen molar-refractivity contribution in [3.05, 3.63) is 97.6 Å². The molecule has 0 unspecified atom stereocenters. The molecule has 2 aromatic carbocycles. The average molecular weight is 545 g/mol. The number of carbonyl (C=O) groups excluding carboxylic acids is 1. The summed E-state index contributed by atoms with van der Waals surface area (Å²) in [5.41, 5.74) is -1.22. The number of halogens is 3. The van der Waals surface area contributed by atoms with E-state index in [4.69, 9.17) is 4.74 Å². The molecule has 0 atom stereocenters. The van der Waals surface area contributed by atoms with Crippen molar-refractivity contribution in [2.45, 2.75) is 26.7 Å². The third-order valence-corrected chi connectivity index (χ3v) is 5.44. The molecule has 0 aliphatic carbocycles. The number of nitro benzene ring substituents is 1. The number of nitro groups is 2. The molecular formula is C23H18F3N7O6. The van der Waals surface area contributed by atoms with Gasteiger partial charge in [0.1, 0.15) is 29.6 Å². The van der Waals surface area contributed by atoms with Crippen LogP contribution in [0.15, 0.2) is 54.7 Å². The van der Waals surface area contributed by atoms with E-state index < -0.39 is 33.2 Å². The van der Waals surface area contributed by atoms with Gasteiger partial charge in [-0.2, -0.15) is 23.4 Å². The molecule has 2 aromatic heterocycles. The van der Waals surface area contributed by atoms with Gasteiger partial charge in [-0.15, -0.1) is 0 Å². The predicted molar refractivity (Wildman–Crippen MR) is 129 cm³/mol. The quantitative estimate of drug-likeness (QED) is 0.237. The maximum atomic E-state index is 13.0. The summed E-state index contributed by atoms with van der Waals surface area (Å²) >= 11 is 0. The molecule has 202 valence electrons. The number of nitrogens with zero attached hydrogens (tertiary/aromatic N) is 6. The Morgan fingerprint density at radius 3 is 2.41 bits per heavy atom. The van der Waals surface area contributed by atoms with Gasteiger partial charge in [0.05, 0.1) is 27.2 Å². The number of hydrogen-bond acceptors (Lipinski definition) is 8. The van der Waals surface area contributed by atoms with E-state index in [9.17, 15) is 38.2 Å². The second kappa shape index (κ2) is 10.2. The van der Waals surface area contributed by atoms with Crippen LogP contribution in [0.4, 0.5) is 30.2 Å². The Labute approximate surface area is 216 Å². The summed E-state index contributed by atoms with van der Waals surface area (Å²) < 4.78 is 47.1. The van der Waals surface area contributed by atoms with Crippen molar-refractivity contribution in [3.63, 3.8) is 0 Å². The van der Waals surface area contributed by atoms with E-state index in [0.29, 0.717) is 5.69 Å². The molecule has 0 radical (unpaired) electrons. The number of aromatic nitrogens is 4. The van der Waals surface area contributed by atoms with Crippen molar-refractivity contribution < 1.29 is 32.5 Å². The second-order valence-electron chi connectivity index (χ2n) is 8.21. The van der Waals surface area contributed by atoms with E-state index in [1.807, 2.05) is 0 Å². The topological polar surface area (TPSA) is 160 Å². The van der Waals surface area contributed by atoms with Gasteiger partial charge in [-0.25, -0.2) is 4.68 Å². The first-order chi connectivity index (χ1) is 18.3. The molecular weight excluding hydrogens is 527 g/mol. The average Bonchev–Trinajstić information content (AvgIpc) is 3.42. The monoisotopic (exact) mass is 545 g/mol. The predicted octanol–water partition coefficient (Wildman–Crippen LogP) is 5.08. The molecule has 4 rings (SSSR count). The Balaban J connectivity index is 1.53. The van der Waals surface area contributed by atoms with Gasteiger partial charge in [-0.05, 0) is 38.1 Å². The van der Waals surface area contributed by atoms with E-state index in [1.165, 1.54) is 47.6 Å². The number of rotatable bonds is 8. The summed E-state index contributed by atoms with van der Waals surface area (Å²) in [5.74, 6) is -1.15. The molecule has 1 amide bonds. The Bertz CT molecular complexity index is 1600. The number of nitrogens with one attached hydrogen (secondary N) is 1. The number of anilines is 1. The molecule has 16 heteroatoms. The first-order valence-electron chi connectivity index (χ1n) is 11.0. The van der Waals surface area contributed by atoms with E-state index in [-0.39, 0.29) is 40.9 Å². The van der Waals surface area contributed by atoms with Crippen LogP contribution >= 0.6 is 0 Å². The molecule has 0 bridgehead atoms. The van der Waals surface area contributed by atoms with Crippen LogP contribution in [0.5, 0.6) is 11.5 Å². The van der Waals surface area contributed by atoms with Crippen LogP contribution in [0.2, 0.25) is 0 Å². The lowest BCUT2D eigenvalue weighted by Gasteiger charge is -2.11. The van der Waals surface area contributed by atoms with Crippen LogP contribution in [-0.4, -0.2) is 35.3 Å². The zero-order chi connectivity index (χ0) is 28.5. The van der Waals surface area contributed by atoms with Gasteiger partial charge in [0.15, 0.2) is 5.69 Å². The number of alkyl halides is 3. The molecule has 0 aliphatic heterocycles. The van der Waals surface area contributed by atoms with Gasteiger partial charge in [0, 0.05) is 18.3 Å². The molecule has 13 nitrogen and oxygen atoms in total. The molecule has 1 N–H and O–H groups in total. The fourth-order valence-corrected chi connectivity index (χ4v) is 3.68. The fraction of sp³-hybridized carbons (Fsp3) is 0.174. The number of hydrogen-bond donors (Lipinski definition) is 1. The molecule has 0 aliphatic rings. The highest BCUT2D eigenvalue weighted by Crippen LogP contribution is 2.34. The van der Waals surface area contributed by atoms with Crippen molar-refractivity contribution in [1.82, 2.24) is 19.6 Å². The summed E-state index contributed by atoms with van der Waals surface area (Å²) in [6.07, 6.45) is -3.18. The van der Waals surface area contributed by atoms with Crippen LogP contribution in [0.25, 0.3) is 0 Å². The lowest BCUT2D eigenvalue weighted by Crippen LogP contribution is -2.16. The molecule has 0 saturated heterocycles. The lowest BCUT2D eigenvalue weighted by atomic mass is 10.2. The van der Waals surface area contributed by atoms with Crippen LogP contribution < -0.4 is 10.1 Å². The van der Waals surface area contributed by atoms with Crippen LogP contribution in [0.3, 0.4) is 0 Å². The second-order valence-corrected chi connectivity index (χ2v) is 8.21. The van der Waals surface area contributed by atoms with Crippen molar-refractivity contribution in [3.8, 4) is 11.5 Å². The smallest absolute Gasteiger partial charge is 0.416 e. The minimum absolute atomic E-state index is 0.0282. The highest BCUT2D eigenvalue weighted by atomic mass is 19.4. The summed E-state index contributed by atoms with van der Waals surface area (Å²) in [4.78, 5) is 34.1. The van der Waals surface area contributed by atoms with Gasteiger partial charge >= 0.3 is 11.9 Å². The van der Waals surface area contributed by atoms with Gasteiger partial charge in [-0.3, -0.25) is 29.7 Å². The van der Waals surface area contributed by atoms with Crippen molar-refractivity contribution in [1.29, 1.82) is 0 Å². The number of non-ortho nitro benzene ring substituents is 1. The van der Waals surface area contributed by atoms with Crippen molar-refractivity contribution in [2.24, 2.45) is 0 Å². The van der Waals surface area contributed by atoms with Crippen molar-refractivity contribution >= 4 is 23.0 Å². The van der Waals surface area contributed by atoms with Crippen LogP contribution in [0, 0.1) is 34.1 Å². The molecule has 0 saturated carbocycles. The number of ether oxygens (including phenoxy) is 1. The van der Waals surface area contributed by atoms with Crippen molar-refractivity contribution in [2.75, 3.05) is 5.32 Å². The molecule has 0 fully saturated rings. The first kappa shape index (κ1) is 26.8. The Morgan fingerprint density at radius 1 is 1.03 bits per heavy atom. The van der Waals surface area contributed by atoms with E-state index >= 15 is 0 Å². The van der Waals surface area contributed by atoms with E-state index in [2.05, 4.69) is 15.5 Å². The zero-order valence-corrected chi connectivity index (χ0v) is 20.2. The minimum atomic E-state index is -4.62. The summed E-state index contributed by atoms with van der Waals surface area (Å²) in [6.45, 7) is 2.99. The van der Waals surface area contributed by atoms with Gasteiger partial charge < -0.3 is 10.1 Å². The first-order valence-corrected chi connectivity index (χ1v) is 11.0. The third kappa shape index (κ3) is 6.00. The van der Waals surface area contributed by atoms with Gasteiger partial charge in [0.2, 0.25) is 0 Å². The van der Waals surface area contributed by atoms with E-state index in [0.717, 1.165) is 30.3 Å². The number of amides is 1. The maximum absolute atomic E-state index is 13.0. The van der Waals surface area contributed by atoms with Crippen LogP contribution in [-0.2, 0) is 12.8 Å². The van der Waals surface area contributed by atoms with Crippen LogP contribution in [0.1, 0.15) is 27.4 Å². The normalized spacial score (nSPS) is 11.3. The Morgan fingerprint density at radius 2 is 1.77 bits per heavy atom. The third-order valence-electron chi connectivity index (χ3n) is 5.44. The Kier molecular flexibility index (Phi) is 7.03. The summed E-state index contributed by atoms with van der Waals surface area (Å²) in [7, 11) is 0. The molecule has 2 heterocycles. The lowest BCUT2D eigenvalue weighted by molar-refractivity contribution is -0.386. The summed E-state index contributed by atoms with van der Waals surface area (Å²) in [5, 5.41) is 33.3. The molecule has 0 spiro atoms. The van der Waals surface area contributed by atoms with Gasteiger partial charge in [-0.1, -0.05) is 6.07 Å². The number of carbonyl (C=O) groups is 1. The molecule has 39 heavy (non-hydrogen) atoms. The number of benzene rings is 2. The highest BCUT2D eigenvalue weighted by molar-refractivity contribution is 6.03. The number of aryl methyl sites for hydroxylation is 1. The van der Waals surface area contributed by atoms with Gasteiger partial charge in [0.25, 0.3) is 11.6 Å².